The highest BCUT2D eigenvalue weighted by Crippen LogP contribution is 2.01. The summed E-state index contributed by atoms with van der Waals surface area (Å²) < 4.78 is 14.5. The van der Waals surface area contributed by atoms with Crippen molar-refractivity contribution in [3.05, 3.63) is 35.9 Å². The van der Waals surface area contributed by atoms with Crippen LogP contribution in [0.25, 0.3) is 0 Å². The van der Waals surface area contributed by atoms with Gasteiger partial charge >= 0.3 is 5.97 Å². The summed E-state index contributed by atoms with van der Waals surface area (Å²) in [6.07, 6.45) is -0.247. The van der Waals surface area contributed by atoms with Crippen molar-refractivity contribution in [1.82, 2.24) is 0 Å². The smallest absolute Gasteiger partial charge is 0.363 e. The van der Waals surface area contributed by atoms with Crippen molar-refractivity contribution in [3.63, 3.8) is 0 Å². The summed E-state index contributed by atoms with van der Waals surface area (Å²) in [6.45, 7) is 0.325. The lowest BCUT2D eigenvalue weighted by molar-refractivity contribution is -0.183. The summed E-state index contributed by atoms with van der Waals surface area (Å²) in [4.78, 5) is 11.3. The second-order valence-electron chi connectivity index (χ2n) is 3.21. The summed E-state index contributed by atoms with van der Waals surface area (Å²) in [7, 11) is 2.79. The number of methoxy groups -OCH3 is 2. The summed E-state index contributed by atoms with van der Waals surface area (Å²) in [5, 5.41) is 0. The van der Waals surface area contributed by atoms with Crippen LogP contribution in [0.15, 0.2) is 30.3 Å². The molecule has 1 aromatic carbocycles. The number of rotatable bonds is 6. The molecule has 0 radical (unpaired) electrons. The van der Waals surface area contributed by atoms with Crippen molar-refractivity contribution in [2.75, 3.05) is 20.8 Å². The second-order valence-corrected chi connectivity index (χ2v) is 3.21. The molecule has 0 fully saturated rings. The summed E-state index contributed by atoms with van der Waals surface area (Å²) in [6, 6.07) is 9.81. The highest BCUT2D eigenvalue weighted by atomic mass is 16.7. The van der Waals surface area contributed by atoms with Crippen LogP contribution in [0.5, 0.6) is 0 Å². The minimum atomic E-state index is -0.934. The number of ether oxygens (including phenoxy) is 3. The molecule has 1 aromatic rings. The predicted octanol–water partition coefficient (Wildman–Crippen LogP) is 1.39. The van der Waals surface area contributed by atoms with Gasteiger partial charge in [-0.2, -0.15) is 0 Å². The van der Waals surface area contributed by atoms with Gasteiger partial charge in [-0.15, -0.1) is 0 Å². The van der Waals surface area contributed by atoms with E-state index in [4.69, 9.17) is 14.2 Å². The molecule has 0 amide bonds. The predicted molar refractivity (Wildman–Crippen MR) is 58.9 cm³/mol. The van der Waals surface area contributed by atoms with Crippen molar-refractivity contribution < 1.29 is 19.0 Å². The molecule has 0 heterocycles. The van der Waals surface area contributed by atoms with Crippen LogP contribution < -0.4 is 0 Å². The average molecular weight is 224 g/mol. The molecule has 4 nitrogen and oxygen atoms in total. The van der Waals surface area contributed by atoms with Crippen molar-refractivity contribution in [2.24, 2.45) is 0 Å². The highest BCUT2D eigenvalue weighted by molar-refractivity contribution is 5.73. The van der Waals surface area contributed by atoms with Crippen molar-refractivity contribution in [2.45, 2.75) is 12.7 Å². The molecule has 0 aliphatic rings. The summed E-state index contributed by atoms with van der Waals surface area (Å²) in [5.74, 6) is -0.499. The molecule has 0 aliphatic carbocycles. The Balaban J connectivity index is 2.28. The normalized spacial score (nSPS) is 10.4. The molecule has 0 aromatic heterocycles. The Kier molecular flexibility index (Phi) is 5.53. The van der Waals surface area contributed by atoms with Crippen LogP contribution >= 0.6 is 0 Å². The topological polar surface area (TPSA) is 44.8 Å². The third kappa shape index (κ3) is 4.00. The van der Waals surface area contributed by atoms with Gasteiger partial charge < -0.3 is 14.2 Å². The van der Waals surface area contributed by atoms with Crippen LogP contribution in [0.3, 0.4) is 0 Å². The molecule has 0 N–H and O–H groups in total. The van der Waals surface area contributed by atoms with Gasteiger partial charge in [0.25, 0.3) is 6.29 Å². The third-order valence-electron chi connectivity index (χ3n) is 2.10. The number of esters is 1. The Labute approximate surface area is 95.1 Å². The molecule has 0 atom stereocenters. The summed E-state index contributed by atoms with van der Waals surface area (Å²) >= 11 is 0. The molecule has 88 valence electrons. The lowest BCUT2D eigenvalue weighted by atomic mass is 10.2. The molecule has 0 aliphatic heterocycles. The Bertz CT molecular complexity index is 306. The number of hydrogen-bond acceptors (Lipinski definition) is 4. The quantitative estimate of drug-likeness (QED) is 0.541. The zero-order valence-corrected chi connectivity index (χ0v) is 9.51. The molecular formula is C12H16O4. The van der Waals surface area contributed by atoms with Gasteiger partial charge in [0.15, 0.2) is 0 Å². The van der Waals surface area contributed by atoms with Gasteiger partial charge in [-0.25, -0.2) is 4.79 Å². The molecule has 16 heavy (non-hydrogen) atoms. The fourth-order valence-electron chi connectivity index (χ4n) is 1.27. The number of carbonyl (C=O) groups is 1. The SMILES string of the molecule is COC(OC)C(=O)OCCc1ccccc1. The van der Waals surface area contributed by atoms with Crippen LogP contribution in [0, 0.1) is 0 Å². The van der Waals surface area contributed by atoms with Crippen LogP contribution in [-0.2, 0) is 25.4 Å². The van der Waals surface area contributed by atoms with E-state index in [2.05, 4.69) is 0 Å². The van der Waals surface area contributed by atoms with Gasteiger partial charge in [0.1, 0.15) is 0 Å². The standard InChI is InChI=1S/C12H16O4/c1-14-12(15-2)11(13)16-9-8-10-6-4-3-5-7-10/h3-7,12H,8-9H2,1-2H3. The van der Waals surface area contributed by atoms with E-state index < -0.39 is 12.3 Å². The summed E-state index contributed by atoms with van der Waals surface area (Å²) in [5.41, 5.74) is 1.13. The van der Waals surface area contributed by atoms with Crippen LogP contribution in [0.1, 0.15) is 5.56 Å². The maximum absolute atomic E-state index is 11.3. The van der Waals surface area contributed by atoms with E-state index in [0.29, 0.717) is 13.0 Å². The zero-order valence-electron chi connectivity index (χ0n) is 9.51. The van der Waals surface area contributed by atoms with Crippen molar-refractivity contribution in [1.29, 1.82) is 0 Å². The van der Waals surface area contributed by atoms with Gasteiger partial charge in [-0.3, -0.25) is 0 Å². The Hall–Kier alpha value is -1.39. The lowest BCUT2D eigenvalue weighted by Gasteiger charge is -2.12. The molecule has 0 bridgehead atoms. The van der Waals surface area contributed by atoms with Gasteiger partial charge in [0, 0.05) is 20.6 Å². The maximum atomic E-state index is 11.3. The number of benzene rings is 1. The van der Waals surface area contributed by atoms with E-state index in [1.807, 2.05) is 30.3 Å². The van der Waals surface area contributed by atoms with Gasteiger partial charge in [-0.05, 0) is 5.56 Å². The Morgan fingerprint density at radius 1 is 1.19 bits per heavy atom. The molecule has 0 spiro atoms. The minimum Gasteiger partial charge on any atom is -0.462 e. The first-order valence-corrected chi connectivity index (χ1v) is 5.04. The monoisotopic (exact) mass is 224 g/mol. The second kappa shape index (κ2) is 6.98. The molecular weight excluding hydrogens is 208 g/mol. The third-order valence-corrected chi connectivity index (χ3v) is 2.10. The molecule has 1 rings (SSSR count). The highest BCUT2D eigenvalue weighted by Gasteiger charge is 2.17. The van der Waals surface area contributed by atoms with E-state index >= 15 is 0 Å². The van der Waals surface area contributed by atoms with E-state index in [1.165, 1.54) is 14.2 Å². The first kappa shape index (κ1) is 12.7. The largest absolute Gasteiger partial charge is 0.462 e. The molecule has 0 saturated heterocycles. The van der Waals surface area contributed by atoms with E-state index in [-0.39, 0.29) is 0 Å². The van der Waals surface area contributed by atoms with E-state index in [0.717, 1.165) is 5.56 Å². The van der Waals surface area contributed by atoms with Gasteiger partial charge in [0.2, 0.25) is 0 Å². The van der Waals surface area contributed by atoms with Crippen LogP contribution in [0.4, 0.5) is 0 Å². The first-order valence-electron chi connectivity index (χ1n) is 5.04. The first-order chi connectivity index (χ1) is 7.77. The fourth-order valence-corrected chi connectivity index (χ4v) is 1.27. The van der Waals surface area contributed by atoms with Gasteiger partial charge in [0.05, 0.1) is 6.61 Å². The fraction of sp³-hybridized carbons (Fsp3) is 0.417. The van der Waals surface area contributed by atoms with Gasteiger partial charge in [-0.1, -0.05) is 30.3 Å². The Morgan fingerprint density at radius 2 is 1.81 bits per heavy atom. The lowest BCUT2D eigenvalue weighted by Crippen LogP contribution is -2.27. The van der Waals surface area contributed by atoms with Crippen LogP contribution in [-0.4, -0.2) is 33.1 Å². The van der Waals surface area contributed by atoms with E-state index in [1.54, 1.807) is 0 Å². The van der Waals surface area contributed by atoms with Crippen LogP contribution in [0.2, 0.25) is 0 Å². The van der Waals surface area contributed by atoms with Crippen molar-refractivity contribution in [3.8, 4) is 0 Å². The number of hydrogen-bond donors (Lipinski definition) is 0. The van der Waals surface area contributed by atoms with E-state index in [9.17, 15) is 4.79 Å². The van der Waals surface area contributed by atoms with Crippen molar-refractivity contribution >= 4 is 5.97 Å². The zero-order chi connectivity index (χ0) is 11.8. The average Bonchev–Trinajstić information content (AvgIpc) is 2.32. The molecule has 4 heteroatoms. The number of carbonyl (C=O) groups excluding carboxylic acids is 1. The molecule has 0 saturated carbocycles. The molecule has 0 unspecified atom stereocenters. The maximum Gasteiger partial charge on any atom is 0.363 e. The Morgan fingerprint density at radius 3 is 2.38 bits per heavy atom. The minimum absolute atomic E-state index is 0.325.